The zero-order chi connectivity index (χ0) is 11.9. The number of aromatic nitrogens is 2. The summed E-state index contributed by atoms with van der Waals surface area (Å²) in [5.41, 5.74) is 4.12. The number of hydrogen-bond donors (Lipinski definition) is 3. The third-order valence-corrected chi connectivity index (χ3v) is 3.46. The molecule has 0 amide bonds. The van der Waals surface area contributed by atoms with Crippen LogP contribution < -0.4 is 10.6 Å². The van der Waals surface area contributed by atoms with Gasteiger partial charge in [-0.2, -0.15) is 5.10 Å². The average Bonchev–Trinajstić information content (AvgIpc) is 2.59. The van der Waals surface area contributed by atoms with Gasteiger partial charge >= 0.3 is 0 Å². The van der Waals surface area contributed by atoms with Gasteiger partial charge in [-0.25, -0.2) is 0 Å². The van der Waals surface area contributed by atoms with E-state index in [9.17, 15) is 0 Å². The third kappa shape index (κ3) is 3.54. The summed E-state index contributed by atoms with van der Waals surface area (Å²) in [6.45, 7) is 3.05. The number of aromatic amines is 1. The summed E-state index contributed by atoms with van der Waals surface area (Å²) in [6, 6.07) is 0. The molecule has 0 saturated carbocycles. The standard InChI is InChI=1S/C13H24N4/c1-14-8-5-9-15-10-13-11-6-3-2-4-7-12(11)16-17-13/h14-15H,2-10H2,1H3,(H,16,17). The first-order valence-corrected chi connectivity index (χ1v) is 6.82. The Hall–Kier alpha value is -0.870. The fourth-order valence-corrected chi connectivity index (χ4v) is 2.47. The van der Waals surface area contributed by atoms with Crippen LogP contribution in [0.2, 0.25) is 0 Å². The van der Waals surface area contributed by atoms with Crippen LogP contribution in [0.3, 0.4) is 0 Å². The predicted molar refractivity (Wildman–Crippen MR) is 70.1 cm³/mol. The van der Waals surface area contributed by atoms with E-state index in [2.05, 4.69) is 20.8 Å². The SMILES string of the molecule is CNCCCNCc1n[nH]c2c1CCCCC2. The highest BCUT2D eigenvalue weighted by Gasteiger charge is 2.14. The molecule has 0 aromatic carbocycles. The molecule has 4 nitrogen and oxygen atoms in total. The Kier molecular flexibility index (Phi) is 5.01. The van der Waals surface area contributed by atoms with Gasteiger partial charge in [0.25, 0.3) is 0 Å². The first-order valence-electron chi connectivity index (χ1n) is 6.82. The molecule has 1 heterocycles. The van der Waals surface area contributed by atoms with Gasteiger partial charge < -0.3 is 10.6 Å². The first-order chi connectivity index (χ1) is 8.42. The van der Waals surface area contributed by atoms with E-state index in [1.54, 1.807) is 0 Å². The second-order valence-electron chi connectivity index (χ2n) is 4.82. The van der Waals surface area contributed by atoms with Gasteiger partial charge in [0, 0.05) is 12.2 Å². The van der Waals surface area contributed by atoms with E-state index < -0.39 is 0 Å². The van der Waals surface area contributed by atoms with Crippen LogP contribution >= 0.6 is 0 Å². The first kappa shape index (κ1) is 12.6. The summed E-state index contributed by atoms with van der Waals surface area (Å²) in [6.07, 6.45) is 7.55. The Balaban J connectivity index is 1.82. The van der Waals surface area contributed by atoms with Crippen molar-refractivity contribution in [2.75, 3.05) is 20.1 Å². The maximum absolute atomic E-state index is 4.45. The predicted octanol–water partition coefficient (Wildman–Crippen LogP) is 1.38. The smallest absolute Gasteiger partial charge is 0.0794 e. The van der Waals surface area contributed by atoms with Crippen LogP contribution in [0.5, 0.6) is 0 Å². The lowest BCUT2D eigenvalue weighted by Crippen LogP contribution is -2.20. The minimum absolute atomic E-state index is 0.912. The molecule has 0 spiro atoms. The minimum atomic E-state index is 0.912. The van der Waals surface area contributed by atoms with Crippen LogP contribution in [0, 0.1) is 0 Å². The third-order valence-electron chi connectivity index (χ3n) is 3.46. The molecule has 0 aliphatic heterocycles. The highest BCUT2D eigenvalue weighted by atomic mass is 15.1. The normalized spacial score (nSPS) is 15.6. The van der Waals surface area contributed by atoms with Crippen LogP contribution in [0.1, 0.15) is 42.6 Å². The van der Waals surface area contributed by atoms with Crippen molar-refractivity contribution in [3.05, 3.63) is 17.0 Å². The molecule has 0 fully saturated rings. The van der Waals surface area contributed by atoms with Crippen LogP contribution in [0.25, 0.3) is 0 Å². The number of fused-ring (bicyclic) bond motifs is 1. The summed E-state index contributed by atoms with van der Waals surface area (Å²) in [5.74, 6) is 0. The van der Waals surface area contributed by atoms with Gasteiger partial charge in [-0.05, 0) is 57.8 Å². The van der Waals surface area contributed by atoms with Crippen LogP contribution in [-0.4, -0.2) is 30.3 Å². The Morgan fingerprint density at radius 3 is 2.94 bits per heavy atom. The zero-order valence-corrected chi connectivity index (χ0v) is 10.8. The average molecular weight is 236 g/mol. The van der Waals surface area contributed by atoms with E-state index in [1.165, 1.54) is 55.5 Å². The fourth-order valence-electron chi connectivity index (χ4n) is 2.47. The van der Waals surface area contributed by atoms with E-state index in [4.69, 9.17) is 0 Å². The van der Waals surface area contributed by atoms with Crippen LogP contribution in [0.4, 0.5) is 0 Å². The van der Waals surface area contributed by atoms with Crippen molar-refractivity contribution in [2.45, 2.75) is 45.1 Å². The molecule has 0 saturated heterocycles. The summed E-state index contributed by atoms with van der Waals surface area (Å²) >= 11 is 0. The van der Waals surface area contributed by atoms with E-state index >= 15 is 0 Å². The Morgan fingerprint density at radius 1 is 1.18 bits per heavy atom. The van der Waals surface area contributed by atoms with Gasteiger partial charge in [0.05, 0.1) is 5.69 Å². The molecule has 1 aliphatic rings. The Morgan fingerprint density at radius 2 is 2.06 bits per heavy atom. The molecule has 0 unspecified atom stereocenters. The number of H-pyrrole nitrogens is 1. The van der Waals surface area contributed by atoms with E-state index in [-0.39, 0.29) is 0 Å². The molecule has 0 radical (unpaired) electrons. The summed E-state index contributed by atoms with van der Waals surface area (Å²) in [5, 5.41) is 14.3. The van der Waals surface area contributed by atoms with E-state index in [0.29, 0.717) is 0 Å². The van der Waals surface area contributed by atoms with Gasteiger partial charge in [0.15, 0.2) is 0 Å². The second-order valence-corrected chi connectivity index (χ2v) is 4.82. The molecule has 1 aromatic rings. The molecule has 3 N–H and O–H groups in total. The molecule has 2 rings (SSSR count). The van der Waals surface area contributed by atoms with Gasteiger partial charge in [0.1, 0.15) is 0 Å². The summed E-state index contributed by atoms with van der Waals surface area (Å²) < 4.78 is 0. The number of hydrogen-bond acceptors (Lipinski definition) is 3. The van der Waals surface area contributed by atoms with E-state index in [1.807, 2.05) is 7.05 Å². The summed E-state index contributed by atoms with van der Waals surface area (Å²) in [4.78, 5) is 0. The highest BCUT2D eigenvalue weighted by Crippen LogP contribution is 2.21. The van der Waals surface area contributed by atoms with Gasteiger partial charge in [-0.3, -0.25) is 5.10 Å². The number of aryl methyl sites for hydroxylation is 1. The molecule has 0 bridgehead atoms. The van der Waals surface area contributed by atoms with Gasteiger partial charge in [-0.15, -0.1) is 0 Å². The Labute approximate surface area is 104 Å². The second kappa shape index (κ2) is 6.77. The van der Waals surface area contributed by atoms with Gasteiger partial charge in [-0.1, -0.05) is 6.42 Å². The maximum atomic E-state index is 4.45. The van der Waals surface area contributed by atoms with E-state index in [0.717, 1.165) is 19.6 Å². The van der Waals surface area contributed by atoms with Gasteiger partial charge in [0.2, 0.25) is 0 Å². The zero-order valence-electron chi connectivity index (χ0n) is 10.8. The Bertz CT molecular complexity index is 332. The molecule has 0 atom stereocenters. The van der Waals surface area contributed by atoms with Crippen LogP contribution in [0.15, 0.2) is 0 Å². The minimum Gasteiger partial charge on any atom is -0.320 e. The lowest BCUT2D eigenvalue weighted by atomic mass is 10.1. The number of nitrogens with zero attached hydrogens (tertiary/aromatic N) is 1. The summed E-state index contributed by atoms with van der Waals surface area (Å²) in [7, 11) is 1.99. The molecule has 96 valence electrons. The largest absolute Gasteiger partial charge is 0.320 e. The molecule has 17 heavy (non-hydrogen) atoms. The number of nitrogens with one attached hydrogen (secondary N) is 3. The van der Waals surface area contributed by atoms with Crippen LogP contribution in [-0.2, 0) is 19.4 Å². The fraction of sp³-hybridized carbons (Fsp3) is 0.769. The molecular weight excluding hydrogens is 212 g/mol. The van der Waals surface area contributed by atoms with Crippen molar-refractivity contribution < 1.29 is 0 Å². The monoisotopic (exact) mass is 236 g/mol. The van der Waals surface area contributed by atoms with Crippen molar-refractivity contribution in [3.63, 3.8) is 0 Å². The van der Waals surface area contributed by atoms with Crippen molar-refractivity contribution in [3.8, 4) is 0 Å². The molecule has 4 heteroatoms. The lowest BCUT2D eigenvalue weighted by Gasteiger charge is -2.04. The van der Waals surface area contributed by atoms with Crippen molar-refractivity contribution >= 4 is 0 Å². The molecule has 1 aromatic heterocycles. The maximum Gasteiger partial charge on any atom is 0.0794 e. The highest BCUT2D eigenvalue weighted by molar-refractivity contribution is 5.26. The molecular formula is C13H24N4. The van der Waals surface area contributed by atoms with Crippen molar-refractivity contribution in [2.24, 2.45) is 0 Å². The molecule has 1 aliphatic carbocycles. The topological polar surface area (TPSA) is 52.7 Å². The quantitative estimate of drug-likeness (QED) is 0.516. The van der Waals surface area contributed by atoms with Crippen molar-refractivity contribution in [1.29, 1.82) is 0 Å². The number of rotatable bonds is 6. The van der Waals surface area contributed by atoms with Crippen molar-refractivity contribution in [1.82, 2.24) is 20.8 Å². The lowest BCUT2D eigenvalue weighted by molar-refractivity contribution is 0.613.